The molecule has 1 aromatic rings. The Morgan fingerprint density at radius 2 is 2.35 bits per heavy atom. The molecule has 0 aliphatic carbocycles. The van der Waals surface area contributed by atoms with Crippen LogP contribution in [0.2, 0.25) is 0 Å². The zero-order valence-electron chi connectivity index (χ0n) is 12.2. The number of nitrogens with zero attached hydrogens (tertiary/aromatic N) is 1. The topological polar surface area (TPSA) is 84.1 Å². The molecular formula is C13H21N3O3S. The van der Waals surface area contributed by atoms with Crippen LogP contribution in [0.25, 0.3) is 0 Å². The molecule has 1 rings (SSSR count). The van der Waals surface area contributed by atoms with Gasteiger partial charge in [0.05, 0.1) is 7.11 Å². The lowest BCUT2D eigenvalue weighted by atomic mass is 9.96. The predicted molar refractivity (Wildman–Crippen MR) is 78.9 cm³/mol. The minimum Gasteiger partial charge on any atom is -0.468 e. The third-order valence-corrected chi connectivity index (χ3v) is 3.86. The van der Waals surface area contributed by atoms with Gasteiger partial charge in [-0.15, -0.1) is 0 Å². The Bertz CT molecular complexity index is 506. The van der Waals surface area contributed by atoms with Gasteiger partial charge in [0.15, 0.2) is 5.16 Å². The van der Waals surface area contributed by atoms with E-state index in [-0.39, 0.29) is 16.8 Å². The van der Waals surface area contributed by atoms with E-state index in [2.05, 4.69) is 15.3 Å². The second-order valence-corrected chi connectivity index (χ2v) is 6.15. The summed E-state index contributed by atoms with van der Waals surface area (Å²) in [7, 11) is 1.38. The van der Waals surface area contributed by atoms with Gasteiger partial charge in [-0.25, -0.2) is 4.98 Å². The number of H-pyrrole nitrogens is 1. The van der Waals surface area contributed by atoms with Crippen LogP contribution < -0.4 is 10.9 Å². The first-order valence-corrected chi connectivity index (χ1v) is 7.34. The zero-order valence-corrected chi connectivity index (χ0v) is 13.0. The van der Waals surface area contributed by atoms with Crippen molar-refractivity contribution in [3.05, 3.63) is 22.6 Å². The minimum absolute atomic E-state index is 0.0868. The van der Waals surface area contributed by atoms with Gasteiger partial charge in [0, 0.05) is 17.5 Å². The molecular weight excluding hydrogens is 278 g/mol. The number of aromatic amines is 1. The van der Waals surface area contributed by atoms with E-state index in [4.69, 9.17) is 4.74 Å². The lowest BCUT2D eigenvalue weighted by Crippen LogP contribution is -2.51. The van der Waals surface area contributed by atoms with Crippen molar-refractivity contribution in [3.63, 3.8) is 0 Å². The summed E-state index contributed by atoms with van der Waals surface area (Å²) in [6, 6.07) is 1.37. The Morgan fingerprint density at radius 1 is 1.65 bits per heavy atom. The molecule has 1 heterocycles. The summed E-state index contributed by atoms with van der Waals surface area (Å²) in [5, 5.41) is 3.79. The maximum atomic E-state index is 11.9. The van der Waals surface area contributed by atoms with Crippen LogP contribution >= 0.6 is 11.8 Å². The molecule has 2 unspecified atom stereocenters. The first-order valence-electron chi connectivity index (χ1n) is 6.46. The number of methoxy groups -OCH3 is 1. The number of carbonyl (C=O) groups is 1. The summed E-state index contributed by atoms with van der Waals surface area (Å²) in [5.41, 5.74) is -0.928. The highest BCUT2D eigenvalue weighted by atomic mass is 32.2. The number of ether oxygens (including phenoxy) is 1. The van der Waals surface area contributed by atoms with E-state index >= 15 is 0 Å². The number of nitrogens with one attached hydrogen (secondary N) is 2. The molecule has 0 saturated heterocycles. The van der Waals surface area contributed by atoms with Crippen LogP contribution in [-0.2, 0) is 9.53 Å². The van der Waals surface area contributed by atoms with Gasteiger partial charge in [0.2, 0.25) is 0 Å². The molecule has 0 saturated carbocycles. The van der Waals surface area contributed by atoms with Gasteiger partial charge >= 0.3 is 5.97 Å². The molecule has 0 radical (unpaired) electrons. The number of rotatable bonds is 7. The molecule has 0 amide bonds. The van der Waals surface area contributed by atoms with Crippen molar-refractivity contribution in [2.75, 3.05) is 13.7 Å². The first-order chi connectivity index (χ1) is 9.41. The number of hydrogen-bond donors (Lipinski definition) is 2. The number of aromatic nitrogens is 2. The van der Waals surface area contributed by atoms with Gasteiger partial charge in [0.25, 0.3) is 5.56 Å². The van der Waals surface area contributed by atoms with Crippen LogP contribution in [0.15, 0.2) is 22.2 Å². The average molecular weight is 299 g/mol. The molecule has 1 aromatic heterocycles. The van der Waals surface area contributed by atoms with Crippen molar-refractivity contribution in [1.82, 2.24) is 15.3 Å². The van der Waals surface area contributed by atoms with Crippen LogP contribution in [-0.4, -0.2) is 40.4 Å². The molecule has 0 spiro atoms. The third-order valence-electron chi connectivity index (χ3n) is 2.86. The van der Waals surface area contributed by atoms with Crippen molar-refractivity contribution < 1.29 is 9.53 Å². The molecule has 112 valence electrons. The van der Waals surface area contributed by atoms with Gasteiger partial charge in [-0.05, 0) is 19.9 Å². The Kier molecular flexibility index (Phi) is 6.22. The van der Waals surface area contributed by atoms with E-state index < -0.39 is 5.54 Å². The molecule has 0 aliphatic heterocycles. The molecule has 2 atom stereocenters. The summed E-state index contributed by atoms with van der Waals surface area (Å²) in [4.78, 5) is 29.9. The van der Waals surface area contributed by atoms with Gasteiger partial charge in [-0.2, -0.15) is 0 Å². The molecule has 6 nitrogen and oxygen atoms in total. The Morgan fingerprint density at radius 3 is 2.90 bits per heavy atom. The van der Waals surface area contributed by atoms with Gasteiger partial charge in [-0.3, -0.25) is 9.59 Å². The summed E-state index contributed by atoms with van der Waals surface area (Å²) >= 11 is 1.42. The molecule has 20 heavy (non-hydrogen) atoms. The fourth-order valence-corrected chi connectivity index (χ4v) is 3.14. The minimum atomic E-state index is -0.745. The monoisotopic (exact) mass is 299 g/mol. The average Bonchev–Trinajstić information content (AvgIpc) is 2.37. The maximum Gasteiger partial charge on any atom is 0.325 e. The smallest absolute Gasteiger partial charge is 0.325 e. The van der Waals surface area contributed by atoms with Crippen molar-refractivity contribution in [3.8, 4) is 0 Å². The molecule has 0 aromatic carbocycles. The van der Waals surface area contributed by atoms with Crippen LogP contribution in [0.3, 0.4) is 0 Å². The van der Waals surface area contributed by atoms with Crippen molar-refractivity contribution in [2.45, 2.75) is 43.1 Å². The highest BCUT2D eigenvalue weighted by molar-refractivity contribution is 7.99. The second-order valence-electron chi connectivity index (χ2n) is 4.73. The number of carbonyl (C=O) groups excluding carboxylic acids is 1. The Balaban J connectivity index is 2.73. The van der Waals surface area contributed by atoms with Crippen molar-refractivity contribution >= 4 is 17.7 Å². The largest absolute Gasteiger partial charge is 0.468 e. The standard InChI is InChI=1S/C13H21N3O3S/c1-5-15-13(3,11(18)19-4)8-9(2)20-12-14-7-6-10(17)16-12/h6-7,9,15H,5,8H2,1-4H3,(H,14,16,17). The lowest BCUT2D eigenvalue weighted by molar-refractivity contribution is -0.148. The van der Waals surface area contributed by atoms with Gasteiger partial charge < -0.3 is 15.0 Å². The Labute approximate surface area is 122 Å². The zero-order chi connectivity index (χ0) is 15.2. The van der Waals surface area contributed by atoms with Gasteiger partial charge in [0.1, 0.15) is 5.54 Å². The molecule has 2 N–H and O–H groups in total. The Hall–Kier alpha value is -1.34. The number of esters is 1. The molecule has 0 fully saturated rings. The fourth-order valence-electron chi connectivity index (χ4n) is 2.06. The number of hydrogen-bond acceptors (Lipinski definition) is 6. The molecule has 0 aliphatic rings. The third kappa shape index (κ3) is 4.64. The summed E-state index contributed by atoms with van der Waals surface area (Å²) in [6.45, 7) is 6.41. The highest BCUT2D eigenvalue weighted by Crippen LogP contribution is 2.26. The van der Waals surface area contributed by atoms with Crippen LogP contribution in [0.4, 0.5) is 0 Å². The van der Waals surface area contributed by atoms with Crippen molar-refractivity contribution in [2.24, 2.45) is 0 Å². The first kappa shape index (κ1) is 16.7. The second kappa shape index (κ2) is 7.44. The van der Waals surface area contributed by atoms with Gasteiger partial charge in [-0.1, -0.05) is 25.6 Å². The van der Waals surface area contributed by atoms with Crippen LogP contribution in [0, 0.1) is 0 Å². The number of likely N-dealkylation sites (N-methyl/N-ethyl adjacent to an activating group) is 1. The fraction of sp³-hybridized carbons (Fsp3) is 0.615. The summed E-state index contributed by atoms with van der Waals surface area (Å²) in [6.07, 6.45) is 2.04. The maximum absolute atomic E-state index is 11.9. The summed E-state index contributed by atoms with van der Waals surface area (Å²) in [5.74, 6) is -0.290. The quantitative estimate of drug-likeness (QED) is 0.447. The molecule has 7 heteroatoms. The van der Waals surface area contributed by atoms with Crippen LogP contribution in [0.5, 0.6) is 0 Å². The number of thioether (sulfide) groups is 1. The van der Waals surface area contributed by atoms with E-state index in [9.17, 15) is 9.59 Å². The van der Waals surface area contributed by atoms with E-state index in [0.717, 1.165) is 0 Å². The lowest BCUT2D eigenvalue weighted by Gasteiger charge is -2.29. The van der Waals surface area contributed by atoms with E-state index in [0.29, 0.717) is 18.1 Å². The SMILES string of the molecule is CCNC(C)(CC(C)Sc1nccc(=O)[nH]1)C(=O)OC. The van der Waals surface area contributed by atoms with E-state index in [1.54, 1.807) is 0 Å². The molecule has 0 bridgehead atoms. The van der Waals surface area contributed by atoms with Crippen LogP contribution in [0.1, 0.15) is 27.2 Å². The van der Waals surface area contributed by atoms with E-state index in [1.165, 1.54) is 31.1 Å². The summed E-state index contributed by atoms with van der Waals surface area (Å²) < 4.78 is 4.85. The normalized spacial score (nSPS) is 15.4. The highest BCUT2D eigenvalue weighted by Gasteiger charge is 2.35. The van der Waals surface area contributed by atoms with Crippen molar-refractivity contribution in [1.29, 1.82) is 0 Å². The van der Waals surface area contributed by atoms with E-state index in [1.807, 2.05) is 20.8 Å². The predicted octanol–water partition coefficient (Wildman–Crippen LogP) is 1.18.